The molecule has 0 aromatic heterocycles. The fourth-order valence-corrected chi connectivity index (χ4v) is 2.30. The van der Waals surface area contributed by atoms with Gasteiger partial charge in [-0.25, -0.2) is 0 Å². The Hall–Kier alpha value is 0.190. The van der Waals surface area contributed by atoms with Gasteiger partial charge in [0.1, 0.15) is 0 Å². The highest BCUT2D eigenvalue weighted by atomic mass is 32.2. The number of rotatable bonds is 6. The van der Waals surface area contributed by atoms with Crippen LogP contribution in [0.2, 0.25) is 0 Å². The topological polar surface area (TPSA) is 56.5 Å². The first-order valence-corrected chi connectivity index (χ1v) is 6.27. The smallest absolute Gasteiger partial charge is 0.0854 e. The van der Waals surface area contributed by atoms with Gasteiger partial charge in [-0.05, 0) is 6.42 Å². The third-order valence-corrected chi connectivity index (χ3v) is 3.17. The summed E-state index contributed by atoms with van der Waals surface area (Å²) in [5.41, 5.74) is 2.77. The minimum Gasteiger partial charge on any atom is -0.380 e. The summed E-state index contributed by atoms with van der Waals surface area (Å²) in [5, 5.41) is 0. The van der Waals surface area contributed by atoms with Crippen LogP contribution in [-0.2, 0) is 9.47 Å². The highest BCUT2D eigenvalue weighted by molar-refractivity contribution is 7.99. The summed E-state index contributed by atoms with van der Waals surface area (Å²) in [6.07, 6.45) is 1.23. The first kappa shape index (κ1) is 12.3. The maximum absolute atomic E-state index is 5.62. The van der Waals surface area contributed by atoms with E-state index < -0.39 is 0 Å². The van der Waals surface area contributed by atoms with E-state index in [4.69, 9.17) is 15.3 Å². The van der Waals surface area contributed by atoms with Crippen LogP contribution >= 0.6 is 11.8 Å². The number of hydrogen-bond donors (Lipinski definition) is 2. The molecule has 3 N–H and O–H groups in total. The minimum absolute atomic E-state index is 0.120. The van der Waals surface area contributed by atoms with Crippen LogP contribution in [0.3, 0.4) is 0 Å². The molecule has 0 spiro atoms. The van der Waals surface area contributed by atoms with Crippen molar-refractivity contribution in [2.45, 2.75) is 25.5 Å². The Kier molecular flexibility index (Phi) is 6.55. The van der Waals surface area contributed by atoms with Gasteiger partial charge in [-0.2, -0.15) is 11.8 Å². The van der Waals surface area contributed by atoms with Gasteiger partial charge in [0.15, 0.2) is 0 Å². The SMILES string of the molecule is CCCOCC(NN)C1CSCCO1. The van der Waals surface area contributed by atoms with Crippen molar-refractivity contribution in [2.75, 3.05) is 31.3 Å². The van der Waals surface area contributed by atoms with E-state index in [2.05, 4.69) is 12.3 Å². The molecule has 1 aliphatic rings. The lowest BCUT2D eigenvalue weighted by molar-refractivity contribution is 0.0102. The van der Waals surface area contributed by atoms with E-state index in [0.29, 0.717) is 6.61 Å². The molecular weight excluding hydrogens is 200 g/mol. The van der Waals surface area contributed by atoms with Gasteiger partial charge in [0.2, 0.25) is 0 Å². The maximum Gasteiger partial charge on any atom is 0.0854 e. The van der Waals surface area contributed by atoms with E-state index in [1.165, 1.54) is 0 Å². The van der Waals surface area contributed by atoms with Crippen LogP contribution in [0.25, 0.3) is 0 Å². The first-order chi connectivity index (χ1) is 6.88. The lowest BCUT2D eigenvalue weighted by atomic mass is 10.2. The second-order valence-corrected chi connectivity index (χ2v) is 4.48. The van der Waals surface area contributed by atoms with E-state index in [1.54, 1.807) is 0 Å². The van der Waals surface area contributed by atoms with Gasteiger partial charge in [-0.15, -0.1) is 0 Å². The van der Waals surface area contributed by atoms with Crippen molar-refractivity contribution in [2.24, 2.45) is 5.84 Å². The number of thioether (sulfide) groups is 1. The molecule has 4 nitrogen and oxygen atoms in total. The Bertz CT molecular complexity index is 143. The van der Waals surface area contributed by atoms with Crippen molar-refractivity contribution < 1.29 is 9.47 Å². The third-order valence-electron chi connectivity index (χ3n) is 2.15. The largest absolute Gasteiger partial charge is 0.380 e. The van der Waals surface area contributed by atoms with Crippen molar-refractivity contribution in [1.29, 1.82) is 0 Å². The molecule has 0 radical (unpaired) electrons. The molecule has 0 bridgehead atoms. The van der Waals surface area contributed by atoms with Crippen LogP contribution in [0.4, 0.5) is 0 Å². The monoisotopic (exact) mass is 220 g/mol. The zero-order valence-electron chi connectivity index (χ0n) is 8.70. The van der Waals surface area contributed by atoms with Crippen molar-refractivity contribution >= 4 is 11.8 Å². The lowest BCUT2D eigenvalue weighted by Gasteiger charge is -2.29. The molecule has 5 heteroatoms. The summed E-state index contributed by atoms with van der Waals surface area (Å²) in [6, 6.07) is 0.120. The Labute approximate surface area is 89.9 Å². The van der Waals surface area contributed by atoms with E-state index in [-0.39, 0.29) is 12.1 Å². The first-order valence-electron chi connectivity index (χ1n) is 5.11. The van der Waals surface area contributed by atoms with Crippen LogP contribution in [-0.4, -0.2) is 43.5 Å². The molecule has 1 fully saturated rings. The van der Waals surface area contributed by atoms with Gasteiger partial charge in [0.25, 0.3) is 0 Å². The minimum atomic E-state index is 0.120. The van der Waals surface area contributed by atoms with E-state index in [1.807, 2.05) is 11.8 Å². The molecular formula is C9H20N2O2S. The molecule has 0 aliphatic carbocycles. The van der Waals surface area contributed by atoms with Crippen LogP contribution in [0.15, 0.2) is 0 Å². The predicted octanol–water partition coefficient (Wildman–Crippen LogP) is 0.377. The summed E-state index contributed by atoms with van der Waals surface area (Å²) < 4.78 is 11.1. The van der Waals surface area contributed by atoms with Crippen LogP contribution in [0.5, 0.6) is 0 Å². The molecule has 2 unspecified atom stereocenters. The summed E-state index contributed by atoms with van der Waals surface area (Å²) >= 11 is 1.91. The zero-order valence-corrected chi connectivity index (χ0v) is 9.52. The van der Waals surface area contributed by atoms with E-state index in [0.717, 1.165) is 31.1 Å². The van der Waals surface area contributed by atoms with Crippen LogP contribution < -0.4 is 11.3 Å². The highest BCUT2D eigenvalue weighted by Gasteiger charge is 2.23. The Balaban J connectivity index is 2.21. The second kappa shape index (κ2) is 7.48. The predicted molar refractivity (Wildman–Crippen MR) is 59.3 cm³/mol. The molecule has 0 aromatic rings. The van der Waals surface area contributed by atoms with Gasteiger partial charge < -0.3 is 9.47 Å². The van der Waals surface area contributed by atoms with Crippen LogP contribution in [0, 0.1) is 0 Å². The Morgan fingerprint density at radius 1 is 1.71 bits per heavy atom. The van der Waals surface area contributed by atoms with Gasteiger partial charge in [0, 0.05) is 18.1 Å². The van der Waals surface area contributed by atoms with Crippen molar-refractivity contribution in [3.05, 3.63) is 0 Å². The molecule has 1 aliphatic heterocycles. The lowest BCUT2D eigenvalue weighted by Crippen LogP contribution is -2.50. The summed E-state index contributed by atoms with van der Waals surface area (Å²) in [4.78, 5) is 0. The fraction of sp³-hybridized carbons (Fsp3) is 1.00. The normalized spacial score (nSPS) is 24.9. The van der Waals surface area contributed by atoms with Gasteiger partial charge in [-0.3, -0.25) is 11.3 Å². The molecule has 0 saturated carbocycles. The second-order valence-electron chi connectivity index (χ2n) is 3.33. The number of ether oxygens (including phenoxy) is 2. The fourth-order valence-electron chi connectivity index (χ4n) is 1.36. The summed E-state index contributed by atoms with van der Waals surface area (Å²) in [6.45, 7) is 4.34. The van der Waals surface area contributed by atoms with E-state index >= 15 is 0 Å². The van der Waals surface area contributed by atoms with Crippen molar-refractivity contribution in [3.63, 3.8) is 0 Å². The standard InChI is InChI=1S/C9H20N2O2S/c1-2-3-12-6-8(11-10)9-7-14-5-4-13-9/h8-9,11H,2-7,10H2,1H3. The van der Waals surface area contributed by atoms with Gasteiger partial charge >= 0.3 is 0 Å². The van der Waals surface area contributed by atoms with Crippen LogP contribution in [0.1, 0.15) is 13.3 Å². The van der Waals surface area contributed by atoms with Gasteiger partial charge in [0.05, 0.1) is 25.4 Å². The average molecular weight is 220 g/mol. The molecule has 1 heterocycles. The molecule has 1 saturated heterocycles. The van der Waals surface area contributed by atoms with Crippen molar-refractivity contribution in [1.82, 2.24) is 5.43 Å². The number of hydrogen-bond acceptors (Lipinski definition) is 5. The molecule has 2 atom stereocenters. The highest BCUT2D eigenvalue weighted by Crippen LogP contribution is 2.15. The average Bonchev–Trinajstić information content (AvgIpc) is 2.26. The maximum atomic E-state index is 5.62. The quantitative estimate of drug-likeness (QED) is 0.385. The molecule has 0 amide bonds. The van der Waals surface area contributed by atoms with Crippen molar-refractivity contribution in [3.8, 4) is 0 Å². The molecule has 1 rings (SSSR count). The zero-order chi connectivity index (χ0) is 10.2. The molecule has 14 heavy (non-hydrogen) atoms. The molecule has 84 valence electrons. The Morgan fingerprint density at radius 3 is 3.14 bits per heavy atom. The third kappa shape index (κ3) is 4.14. The van der Waals surface area contributed by atoms with Gasteiger partial charge in [-0.1, -0.05) is 6.92 Å². The van der Waals surface area contributed by atoms with E-state index in [9.17, 15) is 0 Å². The Morgan fingerprint density at radius 2 is 2.57 bits per heavy atom. The molecule has 0 aromatic carbocycles. The number of hydrazine groups is 1. The number of nitrogens with two attached hydrogens (primary N) is 1. The number of nitrogens with one attached hydrogen (secondary N) is 1. The summed E-state index contributed by atoms with van der Waals surface area (Å²) in [7, 11) is 0. The summed E-state index contributed by atoms with van der Waals surface area (Å²) in [5.74, 6) is 7.56.